The number of nitrogens with one attached hydrogen (secondary N) is 2. The number of hydrogen-bond donors (Lipinski definition) is 2. The Morgan fingerprint density at radius 3 is 2.60 bits per heavy atom. The van der Waals surface area contributed by atoms with Gasteiger partial charge in [0, 0.05) is 18.2 Å². The van der Waals surface area contributed by atoms with Crippen molar-refractivity contribution in [1.29, 1.82) is 0 Å². The molecule has 1 heterocycles. The number of anilines is 2. The van der Waals surface area contributed by atoms with Crippen LogP contribution < -0.4 is 10.6 Å². The monoisotopic (exact) mass is 346 g/mol. The van der Waals surface area contributed by atoms with Gasteiger partial charge >= 0.3 is 0 Å². The number of hydrogen-bond acceptors (Lipinski definition) is 4. The summed E-state index contributed by atoms with van der Waals surface area (Å²) in [6, 6.07) is 4.88. The lowest BCUT2D eigenvalue weighted by atomic mass is 9.95. The number of rotatable bonds is 4. The van der Waals surface area contributed by atoms with E-state index in [0.717, 1.165) is 25.0 Å². The van der Waals surface area contributed by atoms with Gasteiger partial charge in [0.1, 0.15) is 29.0 Å². The topological polar surface area (TPSA) is 66.9 Å². The first-order valence-corrected chi connectivity index (χ1v) is 8.40. The Bertz CT molecular complexity index is 776. The van der Waals surface area contributed by atoms with Crippen molar-refractivity contribution in [3.8, 4) is 0 Å². The van der Waals surface area contributed by atoms with Crippen LogP contribution in [0.3, 0.4) is 0 Å². The van der Waals surface area contributed by atoms with Gasteiger partial charge in [-0.15, -0.1) is 0 Å². The Morgan fingerprint density at radius 1 is 1.12 bits per heavy atom. The molecule has 25 heavy (non-hydrogen) atoms. The van der Waals surface area contributed by atoms with Crippen molar-refractivity contribution in [3.05, 3.63) is 47.4 Å². The van der Waals surface area contributed by atoms with Gasteiger partial charge in [-0.3, -0.25) is 4.79 Å². The van der Waals surface area contributed by atoms with Crippen LogP contribution in [0.2, 0.25) is 0 Å². The maximum absolute atomic E-state index is 13.7. The second-order valence-corrected chi connectivity index (χ2v) is 6.24. The second-order valence-electron chi connectivity index (χ2n) is 6.24. The third-order valence-corrected chi connectivity index (χ3v) is 4.21. The molecule has 2 aromatic rings. The van der Waals surface area contributed by atoms with Gasteiger partial charge in [0.2, 0.25) is 0 Å². The fourth-order valence-electron chi connectivity index (χ4n) is 2.99. The average molecular weight is 346 g/mol. The molecular weight excluding hydrogens is 326 g/mol. The van der Waals surface area contributed by atoms with Gasteiger partial charge in [-0.2, -0.15) is 0 Å². The summed E-state index contributed by atoms with van der Waals surface area (Å²) in [5.74, 6) is -1.07. The van der Waals surface area contributed by atoms with E-state index in [2.05, 4.69) is 20.6 Å². The Kier molecular flexibility index (Phi) is 5.21. The first-order valence-electron chi connectivity index (χ1n) is 8.40. The van der Waals surface area contributed by atoms with Crippen LogP contribution in [0.1, 0.15) is 48.4 Å². The molecule has 0 bridgehead atoms. The highest BCUT2D eigenvalue weighted by atomic mass is 19.1. The molecule has 1 amide bonds. The molecule has 0 unspecified atom stereocenters. The van der Waals surface area contributed by atoms with E-state index < -0.39 is 17.5 Å². The van der Waals surface area contributed by atoms with Crippen LogP contribution in [-0.4, -0.2) is 21.9 Å². The van der Waals surface area contributed by atoms with E-state index >= 15 is 0 Å². The molecule has 1 aliphatic rings. The zero-order valence-electron chi connectivity index (χ0n) is 14.0. The Morgan fingerprint density at radius 2 is 1.88 bits per heavy atom. The Hall–Kier alpha value is -2.57. The minimum Gasteiger partial charge on any atom is -0.367 e. The molecule has 1 aromatic heterocycles. The maximum Gasteiger partial charge on any atom is 0.274 e. The van der Waals surface area contributed by atoms with Crippen LogP contribution in [0.15, 0.2) is 24.3 Å². The van der Waals surface area contributed by atoms with Gasteiger partial charge in [0.05, 0.1) is 5.69 Å². The van der Waals surface area contributed by atoms with Crippen LogP contribution in [0.4, 0.5) is 20.3 Å². The fraction of sp³-hybridized carbons (Fsp3) is 0.389. The molecule has 0 radical (unpaired) electrons. The highest BCUT2D eigenvalue weighted by Crippen LogP contribution is 2.21. The van der Waals surface area contributed by atoms with Gasteiger partial charge in [-0.1, -0.05) is 19.3 Å². The summed E-state index contributed by atoms with van der Waals surface area (Å²) in [6.07, 6.45) is 5.76. The van der Waals surface area contributed by atoms with Crippen molar-refractivity contribution in [2.24, 2.45) is 0 Å². The largest absolute Gasteiger partial charge is 0.367 e. The lowest BCUT2D eigenvalue weighted by Gasteiger charge is -2.23. The third kappa shape index (κ3) is 4.49. The zero-order valence-corrected chi connectivity index (χ0v) is 14.0. The minimum atomic E-state index is -0.834. The van der Waals surface area contributed by atoms with Gasteiger partial charge < -0.3 is 10.6 Å². The lowest BCUT2D eigenvalue weighted by molar-refractivity contribution is 0.102. The molecule has 0 atom stereocenters. The van der Waals surface area contributed by atoms with Crippen molar-refractivity contribution < 1.29 is 13.6 Å². The molecule has 2 N–H and O–H groups in total. The number of aromatic nitrogens is 2. The van der Waals surface area contributed by atoms with Gasteiger partial charge in [-0.05, 0) is 31.9 Å². The number of halogens is 2. The van der Waals surface area contributed by atoms with Crippen molar-refractivity contribution in [3.63, 3.8) is 0 Å². The van der Waals surface area contributed by atoms with E-state index in [4.69, 9.17) is 0 Å². The summed E-state index contributed by atoms with van der Waals surface area (Å²) in [7, 11) is 0. The Balaban J connectivity index is 1.75. The summed E-state index contributed by atoms with van der Waals surface area (Å²) < 4.78 is 26.6. The van der Waals surface area contributed by atoms with Crippen molar-refractivity contribution >= 4 is 17.4 Å². The van der Waals surface area contributed by atoms with Gasteiger partial charge in [0.25, 0.3) is 5.91 Å². The first-order chi connectivity index (χ1) is 12.0. The Labute approximate surface area is 144 Å². The SMILES string of the molecule is Cc1nc(NC2CCCCC2)cc(C(=O)Nc2ccc(F)cc2F)n1. The number of benzene rings is 1. The second kappa shape index (κ2) is 7.55. The summed E-state index contributed by atoms with van der Waals surface area (Å²) in [6.45, 7) is 1.70. The van der Waals surface area contributed by atoms with E-state index in [0.29, 0.717) is 17.7 Å². The van der Waals surface area contributed by atoms with Crippen molar-refractivity contribution in [2.45, 2.75) is 45.1 Å². The molecule has 132 valence electrons. The number of carbonyl (C=O) groups is 1. The minimum absolute atomic E-state index is 0.0931. The molecule has 1 fully saturated rings. The fourth-order valence-corrected chi connectivity index (χ4v) is 2.99. The predicted molar refractivity (Wildman–Crippen MR) is 91.6 cm³/mol. The number of carbonyl (C=O) groups excluding carboxylic acids is 1. The van der Waals surface area contributed by atoms with E-state index in [9.17, 15) is 13.6 Å². The summed E-state index contributed by atoms with van der Waals surface area (Å²) in [5, 5.41) is 5.76. The van der Waals surface area contributed by atoms with Gasteiger partial charge in [0.15, 0.2) is 0 Å². The molecule has 0 spiro atoms. The van der Waals surface area contributed by atoms with Gasteiger partial charge in [-0.25, -0.2) is 18.7 Å². The normalized spacial score (nSPS) is 15.0. The first kappa shape index (κ1) is 17.3. The molecule has 0 aliphatic heterocycles. The summed E-state index contributed by atoms with van der Waals surface area (Å²) in [5.41, 5.74) is 0.0407. The average Bonchev–Trinajstić information content (AvgIpc) is 2.57. The van der Waals surface area contributed by atoms with Crippen LogP contribution in [0.5, 0.6) is 0 Å². The highest BCUT2D eigenvalue weighted by molar-refractivity contribution is 6.03. The maximum atomic E-state index is 13.7. The number of aryl methyl sites for hydroxylation is 1. The lowest BCUT2D eigenvalue weighted by Crippen LogP contribution is -2.24. The van der Waals surface area contributed by atoms with E-state index in [1.165, 1.54) is 25.3 Å². The van der Waals surface area contributed by atoms with Crippen LogP contribution >= 0.6 is 0 Å². The number of amides is 1. The third-order valence-electron chi connectivity index (χ3n) is 4.21. The zero-order chi connectivity index (χ0) is 17.8. The van der Waals surface area contributed by atoms with E-state index in [1.807, 2.05) is 0 Å². The van der Waals surface area contributed by atoms with Crippen molar-refractivity contribution in [1.82, 2.24) is 9.97 Å². The van der Waals surface area contributed by atoms with E-state index in [1.54, 1.807) is 13.0 Å². The highest BCUT2D eigenvalue weighted by Gasteiger charge is 2.17. The smallest absolute Gasteiger partial charge is 0.274 e. The van der Waals surface area contributed by atoms with E-state index in [-0.39, 0.29) is 11.4 Å². The summed E-state index contributed by atoms with van der Waals surface area (Å²) in [4.78, 5) is 20.8. The predicted octanol–water partition coefficient (Wildman–Crippen LogP) is 4.06. The standard InChI is InChI=1S/C18H20F2N4O/c1-11-21-16(10-17(22-11)23-13-5-3-2-4-6-13)18(25)24-15-8-7-12(19)9-14(15)20/h7-10,13H,2-6H2,1H3,(H,24,25)(H,21,22,23). The van der Waals surface area contributed by atoms with Crippen LogP contribution in [-0.2, 0) is 0 Å². The van der Waals surface area contributed by atoms with Crippen molar-refractivity contribution in [2.75, 3.05) is 10.6 Å². The molecule has 1 aliphatic carbocycles. The van der Waals surface area contributed by atoms with Crippen LogP contribution in [0, 0.1) is 18.6 Å². The quantitative estimate of drug-likeness (QED) is 0.876. The summed E-state index contributed by atoms with van der Waals surface area (Å²) >= 11 is 0. The molecule has 3 rings (SSSR count). The molecule has 7 heteroatoms. The molecule has 1 aromatic carbocycles. The number of nitrogens with zero attached hydrogens (tertiary/aromatic N) is 2. The molecular formula is C18H20F2N4O. The molecule has 0 saturated heterocycles. The van der Waals surface area contributed by atoms with Crippen LogP contribution in [0.25, 0.3) is 0 Å². The molecule has 1 saturated carbocycles. The molecule has 5 nitrogen and oxygen atoms in total.